The van der Waals surface area contributed by atoms with Crippen molar-refractivity contribution in [1.82, 2.24) is 9.78 Å². The summed E-state index contributed by atoms with van der Waals surface area (Å²) >= 11 is 3.30. The smallest absolute Gasteiger partial charge is 0.159 e. The molecular weight excluding hydrogens is 262 g/mol. The molecule has 1 aliphatic heterocycles. The number of rotatable bonds is 3. The largest absolute Gasteiger partial charge is 0.381 e. The van der Waals surface area contributed by atoms with Crippen LogP contribution in [0.2, 0.25) is 0 Å². The Bertz CT molecular complexity index is 304. The van der Waals surface area contributed by atoms with Gasteiger partial charge in [0.25, 0.3) is 0 Å². The van der Waals surface area contributed by atoms with E-state index in [-0.39, 0.29) is 6.10 Å². The van der Waals surface area contributed by atoms with Gasteiger partial charge in [0, 0.05) is 19.4 Å². The number of anilines is 1. The first-order chi connectivity index (χ1) is 7.25. The summed E-state index contributed by atoms with van der Waals surface area (Å²) in [5.74, 6) is 0.491. The van der Waals surface area contributed by atoms with E-state index in [9.17, 15) is 0 Å². The van der Waals surface area contributed by atoms with Crippen molar-refractivity contribution in [3.05, 3.63) is 10.7 Å². The lowest BCUT2D eigenvalue weighted by atomic mass is 10.2. The highest BCUT2D eigenvalue weighted by Crippen LogP contribution is 2.17. The topological polar surface area (TPSA) is 62.3 Å². The van der Waals surface area contributed by atoms with Crippen molar-refractivity contribution in [2.45, 2.75) is 25.7 Å². The summed E-state index contributed by atoms with van der Waals surface area (Å²) in [5, 5.41) is 4.09. The van der Waals surface area contributed by atoms with Crippen LogP contribution in [0, 0.1) is 0 Å². The monoisotopic (exact) mass is 275 g/mol. The standard InChI is InChI=1S/C9H14BrN3O2/c10-8-5-13(12-9(8)11)6-15-7-1-3-14-4-2-7/h5,7H,1-4,6H2,(H2,11,12). The molecule has 84 valence electrons. The molecule has 2 N–H and O–H groups in total. The van der Waals surface area contributed by atoms with Crippen molar-refractivity contribution in [2.24, 2.45) is 0 Å². The summed E-state index contributed by atoms with van der Waals surface area (Å²) in [6.07, 6.45) is 4.01. The molecule has 5 nitrogen and oxygen atoms in total. The van der Waals surface area contributed by atoms with E-state index in [0.717, 1.165) is 30.5 Å². The van der Waals surface area contributed by atoms with Crippen molar-refractivity contribution in [3.8, 4) is 0 Å². The van der Waals surface area contributed by atoms with Crippen LogP contribution in [0.25, 0.3) is 0 Å². The molecule has 1 aromatic heterocycles. The van der Waals surface area contributed by atoms with Gasteiger partial charge in [-0.15, -0.1) is 0 Å². The molecule has 0 radical (unpaired) electrons. The van der Waals surface area contributed by atoms with Gasteiger partial charge in [0.15, 0.2) is 5.82 Å². The molecule has 0 bridgehead atoms. The third-order valence-corrected chi connectivity index (χ3v) is 2.97. The Balaban J connectivity index is 1.81. The van der Waals surface area contributed by atoms with E-state index in [4.69, 9.17) is 15.2 Å². The first kappa shape index (κ1) is 10.9. The highest BCUT2D eigenvalue weighted by atomic mass is 79.9. The van der Waals surface area contributed by atoms with Gasteiger partial charge in [-0.05, 0) is 28.8 Å². The SMILES string of the molecule is Nc1nn(COC2CCOCC2)cc1Br. The molecule has 0 amide bonds. The van der Waals surface area contributed by atoms with Gasteiger partial charge in [0.2, 0.25) is 0 Å². The van der Waals surface area contributed by atoms with E-state index in [1.165, 1.54) is 0 Å². The molecule has 1 saturated heterocycles. The molecular formula is C9H14BrN3O2. The van der Waals surface area contributed by atoms with Crippen LogP contribution in [-0.2, 0) is 16.2 Å². The third-order valence-electron chi connectivity index (χ3n) is 2.35. The number of nitrogen functional groups attached to an aromatic ring is 1. The van der Waals surface area contributed by atoms with Crippen LogP contribution in [0.5, 0.6) is 0 Å². The summed E-state index contributed by atoms with van der Waals surface area (Å²) in [5.41, 5.74) is 5.59. The lowest BCUT2D eigenvalue weighted by Gasteiger charge is -2.22. The Morgan fingerprint density at radius 1 is 1.60 bits per heavy atom. The normalized spacial score (nSPS) is 18.2. The fourth-order valence-corrected chi connectivity index (χ4v) is 1.82. The predicted molar refractivity (Wildman–Crippen MR) is 59.3 cm³/mol. The molecule has 0 unspecified atom stereocenters. The van der Waals surface area contributed by atoms with Crippen LogP contribution < -0.4 is 5.73 Å². The van der Waals surface area contributed by atoms with Gasteiger partial charge in [0.05, 0.1) is 10.6 Å². The zero-order valence-corrected chi connectivity index (χ0v) is 9.94. The van der Waals surface area contributed by atoms with Crippen LogP contribution in [0.3, 0.4) is 0 Å². The van der Waals surface area contributed by atoms with Crippen LogP contribution in [0.1, 0.15) is 12.8 Å². The van der Waals surface area contributed by atoms with E-state index in [2.05, 4.69) is 21.0 Å². The lowest BCUT2D eigenvalue weighted by molar-refractivity contribution is -0.0599. The Morgan fingerprint density at radius 3 is 2.93 bits per heavy atom. The Labute approximate surface area is 96.7 Å². The molecule has 15 heavy (non-hydrogen) atoms. The Hall–Kier alpha value is -0.590. The van der Waals surface area contributed by atoms with Gasteiger partial charge >= 0.3 is 0 Å². The number of ether oxygens (including phenoxy) is 2. The van der Waals surface area contributed by atoms with Gasteiger partial charge in [-0.2, -0.15) is 5.10 Å². The number of hydrogen-bond acceptors (Lipinski definition) is 4. The summed E-state index contributed by atoms with van der Waals surface area (Å²) < 4.78 is 13.4. The summed E-state index contributed by atoms with van der Waals surface area (Å²) in [4.78, 5) is 0. The maximum Gasteiger partial charge on any atom is 0.159 e. The van der Waals surface area contributed by atoms with Crippen LogP contribution in [-0.4, -0.2) is 29.1 Å². The Morgan fingerprint density at radius 2 is 2.33 bits per heavy atom. The quantitative estimate of drug-likeness (QED) is 0.906. The maximum atomic E-state index is 5.68. The van der Waals surface area contributed by atoms with Gasteiger partial charge in [-0.25, -0.2) is 4.68 Å². The van der Waals surface area contributed by atoms with Gasteiger partial charge in [0.1, 0.15) is 6.73 Å². The molecule has 0 spiro atoms. The zero-order chi connectivity index (χ0) is 10.7. The average Bonchev–Trinajstić information content (AvgIpc) is 2.57. The van der Waals surface area contributed by atoms with Crippen molar-refractivity contribution in [3.63, 3.8) is 0 Å². The molecule has 0 saturated carbocycles. The van der Waals surface area contributed by atoms with E-state index in [1.54, 1.807) is 4.68 Å². The minimum absolute atomic E-state index is 0.281. The van der Waals surface area contributed by atoms with Crippen molar-refractivity contribution >= 4 is 21.7 Å². The van der Waals surface area contributed by atoms with E-state index in [0.29, 0.717) is 12.5 Å². The molecule has 1 aromatic rings. The zero-order valence-electron chi connectivity index (χ0n) is 8.36. The summed E-state index contributed by atoms with van der Waals surface area (Å²) in [6.45, 7) is 2.02. The number of hydrogen-bond donors (Lipinski definition) is 1. The van der Waals surface area contributed by atoms with Crippen molar-refractivity contribution in [1.29, 1.82) is 0 Å². The minimum atomic E-state index is 0.281. The van der Waals surface area contributed by atoms with Crippen LogP contribution >= 0.6 is 15.9 Å². The first-order valence-electron chi connectivity index (χ1n) is 4.93. The molecule has 0 aromatic carbocycles. The first-order valence-corrected chi connectivity index (χ1v) is 5.73. The second-order valence-electron chi connectivity index (χ2n) is 3.51. The van der Waals surface area contributed by atoms with Gasteiger partial charge < -0.3 is 15.2 Å². The Kier molecular flexibility index (Phi) is 3.61. The molecule has 1 fully saturated rings. The van der Waals surface area contributed by atoms with E-state index >= 15 is 0 Å². The van der Waals surface area contributed by atoms with Crippen molar-refractivity contribution < 1.29 is 9.47 Å². The minimum Gasteiger partial charge on any atom is -0.381 e. The van der Waals surface area contributed by atoms with Crippen LogP contribution in [0.4, 0.5) is 5.82 Å². The molecule has 2 heterocycles. The maximum absolute atomic E-state index is 5.68. The highest BCUT2D eigenvalue weighted by molar-refractivity contribution is 9.10. The molecule has 2 rings (SSSR count). The lowest BCUT2D eigenvalue weighted by Crippen LogP contribution is -2.24. The second-order valence-corrected chi connectivity index (χ2v) is 4.36. The van der Waals surface area contributed by atoms with Gasteiger partial charge in [-0.3, -0.25) is 0 Å². The average molecular weight is 276 g/mol. The molecule has 0 aliphatic carbocycles. The summed E-state index contributed by atoms with van der Waals surface area (Å²) in [7, 11) is 0. The predicted octanol–water partition coefficient (Wildman–Crippen LogP) is 1.38. The third kappa shape index (κ3) is 2.93. The number of nitrogens with zero attached hydrogens (tertiary/aromatic N) is 2. The van der Waals surface area contributed by atoms with E-state index in [1.807, 2.05) is 6.20 Å². The second kappa shape index (κ2) is 4.96. The fraction of sp³-hybridized carbons (Fsp3) is 0.667. The fourth-order valence-electron chi connectivity index (χ4n) is 1.50. The van der Waals surface area contributed by atoms with E-state index < -0.39 is 0 Å². The molecule has 1 aliphatic rings. The summed E-state index contributed by atoms with van der Waals surface area (Å²) in [6, 6.07) is 0. The number of halogens is 1. The highest BCUT2D eigenvalue weighted by Gasteiger charge is 2.14. The number of aromatic nitrogens is 2. The van der Waals surface area contributed by atoms with Gasteiger partial charge in [-0.1, -0.05) is 0 Å². The molecule has 6 heteroatoms. The van der Waals surface area contributed by atoms with Crippen molar-refractivity contribution in [2.75, 3.05) is 18.9 Å². The number of nitrogens with two attached hydrogens (primary N) is 1. The molecule has 0 atom stereocenters. The van der Waals surface area contributed by atoms with Crippen LogP contribution in [0.15, 0.2) is 10.7 Å².